The highest BCUT2D eigenvalue weighted by Crippen LogP contribution is 2.45. The van der Waals surface area contributed by atoms with Crippen molar-refractivity contribution in [2.75, 3.05) is 39.6 Å². The number of unbranched alkanes of at least 4 members (excludes halogenated alkanes) is 42. The molecule has 0 amide bonds. The lowest BCUT2D eigenvalue weighted by molar-refractivity contribution is -0.161. The van der Waals surface area contributed by atoms with Gasteiger partial charge in [-0.05, 0) is 37.5 Å². The summed E-state index contributed by atoms with van der Waals surface area (Å²) in [6.07, 6.45) is 51.4. The van der Waals surface area contributed by atoms with E-state index in [4.69, 9.17) is 37.0 Å². The molecule has 0 fully saturated rings. The van der Waals surface area contributed by atoms with Crippen LogP contribution in [-0.4, -0.2) is 96.7 Å². The van der Waals surface area contributed by atoms with Gasteiger partial charge in [-0.2, -0.15) is 0 Å². The molecule has 17 nitrogen and oxygen atoms in total. The van der Waals surface area contributed by atoms with Crippen molar-refractivity contribution in [3.8, 4) is 0 Å². The minimum absolute atomic E-state index is 0.107. The first-order chi connectivity index (χ1) is 44.4. The summed E-state index contributed by atoms with van der Waals surface area (Å²) in [5.74, 6) is -0.663. The standard InChI is InChI=1S/C73H142O17P2/c1-7-9-11-13-15-17-19-21-22-24-28-32-36-43-49-55-70(75)83-61-68(89-72(77)58-52-46-38-34-30-26-25-27-31-35-41-47-53-65(3)4)63-87-91(79,80)85-59-67(74)60-86-92(81,82)88-64-69(62-84-71(76)56-50-44-40-39-42-48-54-66(5)6)90-73(78)57-51-45-37-33-29-23-20-18-16-14-12-10-8-2/h65-69,74H,7-64H2,1-6H3,(H,79,80)(H,81,82)/t67-,68-,69-/m1/s1. The van der Waals surface area contributed by atoms with Crippen LogP contribution in [0.25, 0.3) is 0 Å². The lowest BCUT2D eigenvalue weighted by atomic mass is 10.0. The van der Waals surface area contributed by atoms with Crippen LogP contribution in [0.1, 0.15) is 375 Å². The minimum atomic E-state index is -4.95. The monoisotopic (exact) mass is 1350 g/mol. The molecular weight excluding hydrogens is 1210 g/mol. The molecule has 2 unspecified atom stereocenters. The lowest BCUT2D eigenvalue weighted by Gasteiger charge is -2.21. The Morgan fingerprint density at radius 2 is 0.500 bits per heavy atom. The number of ether oxygens (including phenoxy) is 4. The molecule has 0 saturated carbocycles. The summed E-state index contributed by atoms with van der Waals surface area (Å²) in [6, 6.07) is 0. The van der Waals surface area contributed by atoms with Crippen LogP contribution in [0.5, 0.6) is 0 Å². The van der Waals surface area contributed by atoms with Crippen LogP contribution in [0.15, 0.2) is 0 Å². The van der Waals surface area contributed by atoms with Gasteiger partial charge in [0.15, 0.2) is 12.2 Å². The molecule has 0 aliphatic heterocycles. The van der Waals surface area contributed by atoms with E-state index in [9.17, 15) is 43.2 Å². The molecule has 3 N–H and O–H groups in total. The van der Waals surface area contributed by atoms with E-state index in [1.54, 1.807) is 0 Å². The average molecular weight is 1350 g/mol. The number of hydrogen-bond donors (Lipinski definition) is 3. The Morgan fingerprint density at radius 3 is 0.739 bits per heavy atom. The van der Waals surface area contributed by atoms with Crippen LogP contribution in [0, 0.1) is 11.8 Å². The molecule has 0 aromatic rings. The number of carbonyl (C=O) groups is 4. The van der Waals surface area contributed by atoms with Crippen molar-refractivity contribution >= 4 is 39.5 Å². The number of rotatable bonds is 72. The molecule has 0 saturated heterocycles. The Bertz CT molecular complexity index is 1790. The fraction of sp³-hybridized carbons (Fsp3) is 0.945. The Morgan fingerprint density at radius 1 is 0.293 bits per heavy atom. The van der Waals surface area contributed by atoms with E-state index in [1.807, 2.05) is 0 Å². The van der Waals surface area contributed by atoms with Crippen LogP contribution in [0.3, 0.4) is 0 Å². The molecule has 0 aliphatic carbocycles. The first kappa shape index (κ1) is 90.1. The van der Waals surface area contributed by atoms with E-state index >= 15 is 0 Å². The van der Waals surface area contributed by atoms with Gasteiger partial charge in [0.2, 0.25) is 0 Å². The van der Waals surface area contributed by atoms with Crippen LogP contribution >= 0.6 is 15.6 Å². The second-order valence-electron chi connectivity index (χ2n) is 27.3. The highest BCUT2D eigenvalue weighted by atomic mass is 31.2. The molecule has 0 aromatic carbocycles. The van der Waals surface area contributed by atoms with E-state index in [1.165, 1.54) is 186 Å². The molecule has 0 heterocycles. The van der Waals surface area contributed by atoms with Crippen molar-refractivity contribution in [1.82, 2.24) is 0 Å². The molecule has 0 bridgehead atoms. The molecule has 19 heteroatoms. The molecule has 5 atom stereocenters. The van der Waals surface area contributed by atoms with Crippen LogP contribution in [0.4, 0.5) is 0 Å². The molecule has 0 aromatic heterocycles. The Balaban J connectivity index is 5.24. The number of phosphoric acid groups is 2. The van der Waals surface area contributed by atoms with Gasteiger partial charge in [-0.1, -0.05) is 324 Å². The smallest absolute Gasteiger partial charge is 0.462 e. The van der Waals surface area contributed by atoms with Gasteiger partial charge in [0.05, 0.1) is 26.4 Å². The second-order valence-corrected chi connectivity index (χ2v) is 30.2. The Kier molecular flexibility index (Phi) is 63.7. The second kappa shape index (κ2) is 65.0. The average Bonchev–Trinajstić information content (AvgIpc) is 3.07. The number of carbonyl (C=O) groups excluding carboxylic acids is 4. The van der Waals surface area contributed by atoms with E-state index in [0.29, 0.717) is 31.6 Å². The SMILES string of the molecule is CCCCCCCCCCCCCCCCCC(=O)OC[C@H](COP(=O)(O)OC[C@@H](O)COP(=O)(O)OC[C@@H](COC(=O)CCCCCCCCC(C)C)OC(=O)CCCCCCCCCCCCCCC)OC(=O)CCCCCCCCCCCCCCC(C)C. The van der Waals surface area contributed by atoms with E-state index in [-0.39, 0.29) is 25.7 Å². The fourth-order valence-corrected chi connectivity index (χ4v) is 12.7. The number of hydrogen-bond acceptors (Lipinski definition) is 15. The van der Waals surface area contributed by atoms with Gasteiger partial charge in [0.1, 0.15) is 19.3 Å². The highest BCUT2D eigenvalue weighted by Gasteiger charge is 2.30. The van der Waals surface area contributed by atoms with Gasteiger partial charge >= 0.3 is 39.5 Å². The quantitative estimate of drug-likeness (QED) is 0.0222. The molecule has 0 spiro atoms. The molecule has 0 rings (SSSR count). The summed E-state index contributed by atoms with van der Waals surface area (Å²) in [7, 11) is -9.90. The Hall–Kier alpha value is -1.94. The van der Waals surface area contributed by atoms with Gasteiger partial charge in [-0.25, -0.2) is 9.13 Å². The lowest BCUT2D eigenvalue weighted by Crippen LogP contribution is -2.30. The van der Waals surface area contributed by atoms with Gasteiger partial charge in [-0.3, -0.25) is 37.3 Å². The summed E-state index contributed by atoms with van der Waals surface area (Å²) in [6.45, 7) is 9.51. The van der Waals surface area contributed by atoms with Crippen molar-refractivity contribution < 1.29 is 80.2 Å². The maximum atomic E-state index is 13.1. The minimum Gasteiger partial charge on any atom is -0.462 e. The highest BCUT2D eigenvalue weighted by molar-refractivity contribution is 7.47. The normalized spacial score (nSPS) is 14.1. The maximum Gasteiger partial charge on any atom is 0.472 e. The zero-order valence-electron chi connectivity index (χ0n) is 59.9. The van der Waals surface area contributed by atoms with Crippen molar-refractivity contribution in [2.24, 2.45) is 11.8 Å². The zero-order valence-corrected chi connectivity index (χ0v) is 61.6. The summed E-state index contributed by atoms with van der Waals surface area (Å²) in [5, 5.41) is 10.6. The topological polar surface area (TPSA) is 237 Å². The maximum absolute atomic E-state index is 13.1. The van der Waals surface area contributed by atoms with Crippen molar-refractivity contribution in [3.05, 3.63) is 0 Å². The first-order valence-electron chi connectivity index (χ1n) is 38.0. The van der Waals surface area contributed by atoms with Crippen molar-refractivity contribution in [1.29, 1.82) is 0 Å². The summed E-state index contributed by atoms with van der Waals surface area (Å²) in [5.41, 5.74) is 0. The number of aliphatic hydroxyl groups excluding tert-OH is 1. The molecule has 0 aliphatic rings. The molecule has 92 heavy (non-hydrogen) atoms. The fourth-order valence-electron chi connectivity index (χ4n) is 11.1. The summed E-state index contributed by atoms with van der Waals surface area (Å²) >= 11 is 0. The molecule has 0 radical (unpaired) electrons. The number of esters is 4. The molecule has 546 valence electrons. The van der Waals surface area contributed by atoms with Crippen molar-refractivity contribution in [2.45, 2.75) is 394 Å². The third kappa shape index (κ3) is 66.7. The van der Waals surface area contributed by atoms with Gasteiger partial charge in [-0.15, -0.1) is 0 Å². The summed E-state index contributed by atoms with van der Waals surface area (Å²) in [4.78, 5) is 72.7. The number of aliphatic hydroxyl groups is 1. The predicted octanol–water partition coefficient (Wildman–Crippen LogP) is 21.2. The predicted molar refractivity (Wildman–Crippen MR) is 372 cm³/mol. The number of phosphoric ester groups is 2. The van der Waals surface area contributed by atoms with Gasteiger partial charge in [0, 0.05) is 25.7 Å². The summed E-state index contributed by atoms with van der Waals surface area (Å²) < 4.78 is 68.4. The molecular formula is C73H142O17P2. The first-order valence-corrected chi connectivity index (χ1v) is 41.0. The van der Waals surface area contributed by atoms with E-state index in [0.717, 1.165) is 102 Å². The van der Waals surface area contributed by atoms with Crippen LogP contribution in [-0.2, 0) is 65.4 Å². The largest absolute Gasteiger partial charge is 0.472 e. The Labute approximate surface area is 562 Å². The van der Waals surface area contributed by atoms with Gasteiger partial charge in [0.25, 0.3) is 0 Å². The van der Waals surface area contributed by atoms with E-state index in [2.05, 4.69) is 41.5 Å². The van der Waals surface area contributed by atoms with E-state index < -0.39 is 97.5 Å². The zero-order chi connectivity index (χ0) is 67.9. The van der Waals surface area contributed by atoms with Gasteiger partial charge < -0.3 is 33.8 Å². The van der Waals surface area contributed by atoms with Crippen LogP contribution in [0.2, 0.25) is 0 Å². The van der Waals surface area contributed by atoms with Crippen molar-refractivity contribution in [3.63, 3.8) is 0 Å². The third-order valence-electron chi connectivity index (χ3n) is 17.0. The third-order valence-corrected chi connectivity index (χ3v) is 18.9. The van der Waals surface area contributed by atoms with Crippen LogP contribution < -0.4 is 0 Å².